The number of ether oxygens (including phenoxy) is 1. The molecule has 1 aromatic rings. The molecule has 0 saturated heterocycles. The number of hydrogen-bond acceptors (Lipinski definition) is 3. The molecule has 4 heteroatoms. The third kappa shape index (κ3) is 4.91. The summed E-state index contributed by atoms with van der Waals surface area (Å²) in [4.78, 5) is 11.9. The zero-order valence-electron chi connectivity index (χ0n) is 12.0. The molecule has 0 heterocycles. The zero-order valence-corrected chi connectivity index (χ0v) is 12.0. The first-order valence-corrected chi connectivity index (χ1v) is 6.74. The molecule has 106 valence electrons. The van der Waals surface area contributed by atoms with Crippen LogP contribution in [0.2, 0.25) is 0 Å². The summed E-state index contributed by atoms with van der Waals surface area (Å²) in [5.41, 5.74) is 6.65. The molecule has 0 bridgehead atoms. The molecule has 1 amide bonds. The largest absolute Gasteiger partial charge is 0.497 e. The molecule has 0 saturated carbocycles. The molecule has 1 unspecified atom stereocenters. The SMILES string of the molecule is CCC(CN)CC(=O)N[C@H](C)c1cccc(OC)c1. The number of methoxy groups -OCH3 is 1. The van der Waals surface area contributed by atoms with E-state index in [1.54, 1.807) is 7.11 Å². The summed E-state index contributed by atoms with van der Waals surface area (Å²) in [6, 6.07) is 7.70. The van der Waals surface area contributed by atoms with Gasteiger partial charge in [-0.05, 0) is 37.1 Å². The second kappa shape index (κ2) is 7.79. The van der Waals surface area contributed by atoms with Gasteiger partial charge in [-0.3, -0.25) is 4.79 Å². The molecule has 4 nitrogen and oxygen atoms in total. The summed E-state index contributed by atoms with van der Waals surface area (Å²) < 4.78 is 5.18. The van der Waals surface area contributed by atoms with Crippen molar-refractivity contribution in [2.45, 2.75) is 32.7 Å². The molecule has 0 spiro atoms. The van der Waals surface area contributed by atoms with Crippen LogP contribution in [0.25, 0.3) is 0 Å². The van der Waals surface area contributed by atoms with Crippen LogP contribution in [0.1, 0.15) is 38.3 Å². The normalized spacial score (nSPS) is 13.7. The minimum Gasteiger partial charge on any atom is -0.497 e. The minimum atomic E-state index is -0.0297. The Hall–Kier alpha value is -1.55. The molecule has 0 aliphatic carbocycles. The van der Waals surface area contributed by atoms with Gasteiger partial charge in [-0.1, -0.05) is 25.5 Å². The van der Waals surface area contributed by atoms with Gasteiger partial charge in [0.1, 0.15) is 5.75 Å². The number of nitrogens with one attached hydrogen (secondary N) is 1. The molecule has 0 aliphatic rings. The first-order valence-electron chi connectivity index (χ1n) is 6.74. The van der Waals surface area contributed by atoms with E-state index in [1.807, 2.05) is 31.2 Å². The predicted octanol–water partition coefficient (Wildman–Crippen LogP) is 2.25. The Labute approximate surface area is 115 Å². The fourth-order valence-electron chi connectivity index (χ4n) is 1.95. The lowest BCUT2D eigenvalue weighted by atomic mass is 10.0. The molecule has 3 N–H and O–H groups in total. The highest BCUT2D eigenvalue weighted by Gasteiger charge is 2.14. The van der Waals surface area contributed by atoms with Crippen molar-refractivity contribution in [1.82, 2.24) is 5.32 Å². The zero-order chi connectivity index (χ0) is 14.3. The van der Waals surface area contributed by atoms with Crippen molar-refractivity contribution >= 4 is 5.91 Å². The van der Waals surface area contributed by atoms with Crippen LogP contribution >= 0.6 is 0 Å². The van der Waals surface area contributed by atoms with E-state index in [9.17, 15) is 4.79 Å². The van der Waals surface area contributed by atoms with E-state index >= 15 is 0 Å². The van der Waals surface area contributed by atoms with Crippen molar-refractivity contribution in [1.29, 1.82) is 0 Å². The molecule has 0 radical (unpaired) electrons. The van der Waals surface area contributed by atoms with Gasteiger partial charge < -0.3 is 15.8 Å². The van der Waals surface area contributed by atoms with Crippen LogP contribution in [0.15, 0.2) is 24.3 Å². The van der Waals surface area contributed by atoms with Gasteiger partial charge in [0.2, 0.25) is 5.91 Å². The van der Waals surface area contributed by atoms with E-state index in [0.717, 1.165) is 17.7 Å². The van der Waals surface area contributed by atoms with E-state index in [4.69, 9.17) is 10.5 Å². The average Bonchev–Trinajstić information content (AvgIpc) is 2.44. The van der Waals surface area contributed by atoms with Gasteiger partial charge in [-0.25, -0.2) is 0 Å². The first kappa shape index (κ1) is 15.5. The summed E-state index contributed by atoms with van der Waals surface area (Å²) in [7, 11) is 1.63. The number of rotatable bonds is 7. The quantitative estimate of drug-likeness (QED) is 0.794. The molecule has 0 aromatic heterocycles. The fraction of sp³-hybridized carbons (Fsp3) is 0.533. The van der Waals surface area contributed by atoms with E-state index < -0.39 is 0 Å². The molecule has 0 aliphatic heterocycles. The summed E-state index contributed by atoms with van der Waals surface area (Å²) in [5, 5.41) is 3.00. The summed E-state index contributed by atoms with van der Waals surface area (Å²) in [5.74, 6) is 1.11. The summed E-state index contributed by atoms with van der Waals surface area (Å²) in [6.07, 6.45) is 1.42. The fourth-order valence-corrected chi connectivity index (χ4v) is 1.95. The van der Waals surface area contributed by atoms with Gasteiger partial charge in [0.05, 0.1) is 13.2 Å². The second-order valence-corrected chi connectivity index (χ2v) is 4.78. The van der Waals surface area contributed by atoms with Crippen LogP contribution in [0.4, 0.5) is 0 Å². The lowest BCUT2D eigenvalue weighted by Gasteiger charge is -2.17. The number of amides is 1. The van der Waals surface area contributed by atoms with Crippen molar-refractivity contribution in [2.75, 3.05) is 13.7 Å². The molecule has 1 rings (SSSR count). The third-order valence-electron chi connectivity index (χ3n) is 3.36. The van der Waals surface area contributed by atoms with Crippen molar-refractivity contribution in [3.8, 4) is 5.75 Å². The number of nitrogens with two attached hydrogens (primary N) is 1. The van der Waals surface area contributed by atoms with E-state index in [1.165, 1.54) is 0 Å². The van der Waals surface area contributed by atoms with Crippen LogP contribution < -0.4 is 15.8 Å². The molecular weight excluding hydrogens is 240 g/mol. The maximum Gasteiger partial charge on any atom is 0.220 e. The van der Waals surface area contributed by atoms with Gasteiger partial charge in [0.25, 0.3) is 0 Å². The van der Waals surface area contributed by atoms with Gasteiger partial charge >= 0.3 is 0 Å². The highest BCUT2D eigenvalue weighted by Crippen LogP contribution is 2.19. The van der Waals surface area contributed by atoms with E-state index in [0.29, 0.717) is 13.0 Å². The average molecular weight is 264 g/mol. The van der Waals surface area contributed by atoms with Gasteiger partial charge in [-0.15, -0.1) is 0 Å². The van der Waals surface area contributed by atoms with Crippen molar-refractivity contribution in [3.05, 3.63) is 29.8 Å². The van der Waals surface area contributed by atoms with Crippen LogP contribution in [-0.4, -0.2) is 19.6 Å². The van der Waals surface area contributed by atoms with E-state index in [-0.39, 0.29) is 17.9 Å². The summed E-state index contributed by atoms with van der Waals surface area (Å²) >= 11 is 0. The van der Waals surface area contributed by atoms with Crippen molar-refractivity contribution in [2.24, 2.45) is 11.7 Å². The Kier molecular flexibility index (Phi) is 6.36. The number of benzene rings is 1. The Balaban J connectivity index is 2.58. The van der Waals surface area contributed by atoms with Crippen LogP contribution in [0.3, 0.4) is 0 Å². The molecule has 2 atom stereocenters. The van der Waals surface area contributed by atoms with E-state index in [2.05, 4.69) is 12.2 Å². The maximum absolute atomic E-state index is 11.9. The Bertz CT molecular complexity index is 403. The monoisotopic (exact) mass is 264 g/mol. The molecular formula is C15H24N2O2. The third-order valence-corrected chi connectivity index (χ3v) is 3.36. The minimum absolute atomic E-state index is 0.0297. The highest BCUT2D eigenvalue weighted by atomic mass is 16.5. The first-order chi connectivity index (χ1) is 9.10. The Morgan fingerprint density at radius 2 is 2.21 bits per heavy atom. The number of hydrogen-bond donors (Lipinski definition) is 2. The van der Waals surface area contributed by atoms with Crippen LogP contribution in [0, 0.1) is 5.92 Å². The van der Waals surface area contributed by atoms with Crippen molar-refractivity contribution in [3.63, 3.8) is 0 Å². The van der Waals surface area contributed by atoms with Gasteiger partial charge in [0, 0.05) is 6.42 Å². The lowest BCUT2D eigenvalue weighted by molar-refractivity contribution is -0.122. The Morgan fingerprint density at radius 3 is 2.79 bits per heavy atom. The van der Waals surface area contributed by atoms with Crippen LogP contribution in [0.5, 0.6) is 5.75 Å². The molecule has 0 fully saturated rings. The standard InChI is InChI=1S/C15H24N2O2/c1-4-12(10-16)8-15(18)17-11(2)13-6-5-7-14(9-13)19-3/h5-7,9,11-12H,4,8,10,16H2,1-3H3,(H,17,18)/t11-,12?/m1/s1. The Morgan fingerprint density at radius 1 is 1.47 bits per heavy atom. The number of carbonyl (C=O) groups excluding carboxylic acids is 1. The summed E-state index contributed by atoms with van der Waals surface area (Å²) in [6.45, 7) is 4.57. The molecule has 1 aromatic carbocycles. The van der Waals surface area contributed by atoms with Crippen LogP contribution in [-0.2, 0) is 4.79 Å². The lowest BCUT2D eigenvalue weighted by Crippen LogP contribution is -2.30. The smallest absolute Gasteiger partial charge is 0.220 e. The van der Waals surface area contributed by atoms with Gasteiger partial charge in [0.15, 0.2) is 0 Å². The predicted molar refractivity (Wildman–Crippen MR) is 77.0 cm³/mol. The maximum atomic E-state index is 11.9. The topological polar surface area (TPSA) is 64.4 Å². The second-order valence-electron chi connectivity index (χ2n) is 4.78. The van der Waals surface area contributed by atoms with Gasteiger partial charge in [-0.2, -0.15) is 0 Å². The molecule has 19 heavy (non-hydrogen) atoms. The number of carbonyl (C=O) groups is 1. The van der Waals surface area contributed by atoms with Crippen molar-refractivity contribution < 1.29 is 9.53 Å². The highest BCUT2D eigenvalue weighted by molar-refractivity contribution is 5.76.